The van der Waals surface area contributed by atoms with E-state index in [-0.39, 0.29) is 6.04 Å². The lowest BCUT2D eigenvalue weighted by molar-refractivity contribution is 0.519. The zero-order valence-electron chi connectivity index (χ0n) is 5.23. The van der Waals surface area contributed by atoms with Crippen molar-refractivity contribution >= 4 is 0 Å². The summed E-state index contributed by atoms with van der Waals surface area (Å²) in [6.07, 6.45) is 0. The summed E-state index contributed by atoms with van der Waals surface area (Å²) in [5.41, 5.74) is 5.48. The second-order valence-corrected chi connectivity index (χ2v) is 1.94. The van der Waals surface area contributed by atoms with Crippen molar-refractivity contribution in [2.75, 3.05) is 7.05 Å². The SMILES string of the molecule is CNC(C)C(C)N. The first kappa shape index (κ1) is 6.92. The van der Waals surface area contributed by atoms with Crippen LogP contribution in [-0.4, -0.2) is 19.1 Å². The van der Waals surface area contributed by atoms with Crippen LogP contribution in [0.2, 0.25) is 0 Å². The third-order valence-corrected chi connectivity index (χ3v) is 1.24. The minimum absolute atomic E-state index is 0.255. The summed E-state index contributed by atoms with van der Waals surface area (Å²) >= 11 is 0. The molecule has 0 saturated carbocycles. The van der Waals surface area contributed by atoms with Gasteiger partial charge in [0.1, 0.15) is 0 Å². The molecule has 0 aromatic heterocycles. The summed E-state index contributed by atoms with van der Waals surface area (Å²) < 4.78 is 0. The lowest BCUT2D eigenvalue weighted by Crippen LogP contribution is -2.38. The third-order valence-electron chi connectivity index (χ3n) is 1.24. The first-order valence-electron chi connectivity index (χ1n) is 2.61. The molecule has 0 aliphatic rings. The predicted octanol–water partition coefficient (Wildman–Crippen LogP) is -0.0585. The molecule has 0 radical (unpaired) electrons. The molecule has 0 amide bonds. The largest absolute Gasteiger partial charge is 0.327 e. The fraction of sp³-hybridized carbons (Fsp3) is 1.00. The Hall–Kier alpha value is -0.0800. The van der Waals surface area contributed by atoms with E-state index in [4.69, 9.17) is 5.73 Å². The quantitative estimate of drug-likeness (QED) is 0.512. The molecule has 0 spiro atoms. The Balaban J connectivity index is 3.14. The molecule has 2 unspecified atom stereocenters. The first-order valence-corrected chi connectivity index (χ1v) is 2.61. The molecular formula is C5H14N2. The van der Waals surface area contributed by atoms with E-state index in [1.165, 1.54) is 0 Å². The van der Waals surface area contributed by atoms with E-state index in [1.54, 1.807) is 0 Å². The van der Waals surface area contributed by atoms with Gasteiger partial charge in [-0.3, -0.25) is 0 Å². The fourth-order valence-corrected chi connectivity index (χ4v) is 0.263. The lowest BCUT2D eigenvalue weighted by atomic mass is 10.2. The fourth-order valence-electron chi connectivity index (χ4n) is 0.263. The van der Waals surface area contributed by atoms with Gasteiger partial charge < -0.3 is 11.1 Å². The highest BCUT2D eigenvalue weighted by Crippen LogP contribution is 1.82. The van der Waals surface area contributed by atoms with Crippen LogP contribution >= 0.6 is 0 Å². The second kappa shape index (κ2) is 2.99. The highest BCUT2D eigenvalue weighted by Gasteiger charge is 2.00. The molecule has 2 heteroatoms. The Kier molecular flexibility index (Phi) is 2.96. The van der Waals surface area contributed by atoms with Gasteiger partial charge in [0.05, 0.1) is 0 Å². The van der Waals surface area contributed by atoms with Gasteiger partial charge in [0, 0.05) is 12.1 Å². The van der Waals surface area contributed by atoms with Crippen LogP contribution in [0, 0.1) is 0 Å². The van der Waals surface area contributed by atoms with Gasteiger partial charge in [0.15, 0.2) is 0 Å². The molecule has 2 atom stereocenters. The van der Waals surface area contributed by atoms with Gasteiger partial charge in [-0.1, -0.05) is 0 Å². The summed E-state index contributed by atoms with van der Waals surface area (Å²) in [6, 6.07) is 0.685. The van der Waals surface area contributed by atoms with Gasteiger partial charge >= 0.3 is 0 Å². The van der Waals surface area contributed by atoms with Crippen molar-refractivity contribution in [1.29, 1.82) is 0 Å². The van der Waals surface area contributed by atoms with Crippen LogP contribution in [0.5, 0.6) is 0 Å². The van der Waals surface area contributed by atoms with Crippen molar-refractivity contribution in [2.24, 2.45) is 5.73 Å². The molecule has 0 rings (SSSR count). The summed E-state index contributed by atoms with van der Waals surface area (Å²) in [7, 11) is 1.91. The molecule has 2 nitrogen and oxygen atoms in total. The lowest BCUT2D eigenvalue weighted by Gasteiger charge is -2.12. The maximum Gasteiger partial charge on any atom is 0.0185 e. The summed E-state index contributed by atoms with van der Waals surface area (Å²) in [5.74, 6) is 0. The van der Waals surface area contributed by atoms with Crippen molar-refractivity contribution in [3.05, 3.63) is 0 Å². The number of rotatable bonds is 2. The molecule has 0 aromatic rings. The van der Waals surface area contributed by atoms with E-state index in [1.807, 2.05) is 14.0 Å². The maximum absolute atomic E-state index is 5.48. The van der Waals surface area contributed by atoms with Gasteiger partial charge in [-0.2, -0.15) is 0 Å². The third kappa shape index (κ3) is 2.60. The Morgan fingerprint density at radius 3 is 1.86 bits per heavy atom. The van der Waals surface area contributed by atoms with Crippen LogP contribution in [0.4, 0.5) is 0 Å². The molecular weight excluding hydrogens is 88.1 g/mol. The Morgan fingerprint density at radius 2 is 1.86 bits per heavy atom. The molecule has 7 heavy (non-hydrogen) atoms. The maximum atomic E-state index is 5.48. The molecule has 0 saturated heterocycles. The number of hydrogen-bond acceptors (Lipinski definition) is 2. The zero-order chi connectivity index (χ0) is 5.86. The average molecular weight is 102 g/mol. The monoisotopic (exact) mass is 102 g/mol. The van der Waals surface area contributed by atoms with Crippen LogP contribution in [0.25, 0.3) is 0 Å². The van der Waals surface area contributed by atoms with E-state index in [9.17, 15) is 0 Å². The van der Waals surface area contributed by atoms with Crippen molar-refractivity contribution < 1.29 is 0 Å². The molecule has 0 aliphatic heterocycles. The van der Waals surface area contributed by atoms with Gasteiger partial charge in [0.2, 0.25) is 0 Å². The van der Waals surface area contributed by atoms with Gasteiger partial charge in [0.25, 0.3) is 0 Å². The standard InChI is InChI=1S/C5H14N2/c1-4(6)5(2)7-3/h4-5,7H,6H2,1-3H3. The predicted molar refractivity (Wildman–Crippen MR) is 32.2 cm³/mol. The Bertz CT molecular complexity index is 43.3. The van der Waals surface area contributed by atoms with E-state index < -0.39 is 0 Å². The van der Waals surface area contributed by atoms with Crippen molar-refractivity contribution in [3.8, 4) is 0 Å². The van der Waals surface area contributed by atoms with E-state index >= 15 is 0 Å². The average Bonchev–Trinajstić information content (AvgIpc) is 1.65. The van der Waals surface area contributed by atoms with Gasteiger partial charge in [-0.15, -0.1) is 0 Å². The van der Waals surface area contributed by atoms with Crippen molar-refractivity contribution in [3.63, 3.8) is 0 Å². The molecule has 0 bridgehead atoms. The molecule has 0 aromatic carbocycles. The summed E-state index contributed by atoms with van der Waals surface area (Å²) in [5, 5.41) is 3.04. The van der Waals surface area contributed by atoms with E-state index in [2.05, 4.69) is 12.2 Å². The Labute approximate surface area is 45.1 Å². The van der Waals surface area contributed by atoms with E-state index in [0.29, 0.717) is 6.04 Å². The minimum Gasteiger partial charge on any atom is -0.327 e. The topological polar surface area (TPSA) is 38.0 Å². The van der Waals surface area contributed by atoms with Gasteiger partial charge in [-0.05, 0) is 20.9 Å². The van der Waals surface area contributed by atoms with Crippen LogP contribution in [0.3, 0.4) is 0 Å². The van der Waals surface area contributed by atoms with Crippen LogP contribution in [0.15, 0.2) is 0 Å². The molecule has 0 fully saturated rings. The number of likely N-dealkylation sites (N-methyl/N-ethyl adjacent to an activating group) is 1. The highest BCUT2D eigenvalue weighted by molar-refractivity contribution is 4.66. The number of nitrogens with one attached hydrogen (secondary N) is 1. The minimum atomic E-state index is 0.255. The summed E-state index contributed by atoms with van der Waals surface area (Å²) in [4.78, 5) is 0. The number of hydrogen-bond donors (Lipinski definition) is 2. The van der Waals surface area contributed by atoms with E-state index in [0.717, 1.165) is 0 Å². The molecule has 44 valence electrons. The van der Waals surface area contributed by atoms with Crippen LogP contribution < -0.4 is 11.1 Å². The molecule has 3 N–H and O–H groups in total. The van der Waals surface area contributed by atoms with Crippen LogP contribution in [0.1, 0.15) is 13.8 Å². The smallest absolute Gasteiger partial charge is 0.0185 e. The molecule has 0 aliphatic carbocycles. The summed E-state index contributed by atoms with van der Waals surface area (Å²) in [6.45, 7) is 4.05. The van der Waals surface area contributed by atoms with Gasteiger partial charge in [-0.25, -0.2) is 0 Å². The zero-order valence-corrected chi connectivity index (χ0v) is 5.23. The second-order valence-electron chi connectivity index (χ2n) is 1.94. The van der Waals surface area contributed by atoms with Crippen molar-refractivity contribution in [2.45, 2.75) is 25.9 Å². The Morgan fingerprint density at radius 1 is 1.43 bits per heavy atom. The molecule has 0 heterocycles. The normalized spacial score (nSPS) is 18.9. The highest BCUT2D eigenvalue weighted by atomic mass is 14.9. The first-order chi connectivity index (χ1) is 3.18. The van der Waals surface area contributed by atoms with Crippen LogP contribution in [-0.2, 0) is 0 Å². The number of nitrogens with two attached hydrogens (primary N) is 1. The van der Waals surface area contributed by atoms with Crippen molar-refractivity contribution in [1.82, 2.24) is 5.32 Å².